The summed E-state index contributed by atoms with van der Waals surface area (Å²) in [6.07, 6.45) is 6.09. The Kier molecular flexibility index (Phi) is 14.4. The molecule has 6 rings (SSSR count). The van der Waals surface area contributed by atoms with E-state index in [1.807, 2.05) is 60.7 Å². The van der Waals surface area contributed by atoms with Crippen LogP contribution in [-0.2, 0) is 15.9 Å². The Morgan fingerprint density at radius 3 is 1.53 bits per heavy atom. The maximum atomic E-state index is 15.4. The molecule has 0 bridgehead atoms. The molecular weight excluding hydrogens is 728 g/mol. The summed E-state index contributed by atoms with van der Waals surface area (Å²) in [5.74, 6) is 0.569. The van der Waals surface area contributed by atoms with Gasteiger partial charge in [-0.05, 0) is 128 Å². The molecule has 0 radical (unpaired) electrons. The Balaban J connectivity index is 0.00000661. The van der Waals surface area contributed by atoms with Crippen LogP contribution in [0.15, 0.2) is 140 Å². The fourth-order valence-electron chi connectivity index (χ4n) is 9.55. The Morgan fingerprint density at radius 1 is 0.603 bits per heavy atom. The molecule has 310 valence electrons. The maximum Gasteiger partial charge on any atom is 0.171 e. The van der Waals surface area contributed by atoms with Crippen molar-refractivity contribution in [3.8, 4) is 0 Å². The maximum absolute atomic E-state index is 15.4. The fourth-order valence-corrected chi connectivity index (χ4v) is 12.2. The van der Waals surface area contributed by atoms with Crippen LogP contribution < -0.4 is 15.9 Å². The van der Waals surface area contributed by atoms with Crippen molar-refractivity contribution >= 4 is 23.1 Å². The summed E-state index contributed by atoms with van der Waals surface area (Å²) in [5, 5.41) is 4.93. The molecule has 1 aliphatic rings. The zero-order chi connectivity index (χ0) is 41.5. The lowest BCUT2D eigenvalue weighted by molar-refractivity contribution is -0.308. The highest BCUT2D eigenvalue weighted by atomic mass is 31.2. The van der Waals surface area contributed by atoms with Gasteiger partial charge in [0.2, 0.25) is 0 Å². The van der Waals surface area contributed by atoms with E-state index in [0.717, 1.165) is 54.6 Å². The Hall–Kier alpha value is -3.79. The van der Waals surface area contributed by atoms with Gasteiger partial charge in [-0.1, -0.05) is 146 Å². The molecule has 3 unspecified atom stereocenters. The molecule has 0 aliphatic carbocycles. The Morgan fingerprint density at radius 2 is 1.05 bits per heavy atom. The third-order valence-electron chi connectivity index (χ3n) is 12.8. The molecule has 5 aromatic rings. The van der Waals surface area contributed by atoms with Crippen LogP contribution in [0.2, 0.25) is 0 Å². The number of rotatable bonds is 17. The predicted molar refractivity (Wildman–Crippen MR) is 249 cm³/mol. The quantitative estimate of drug-likeness (QED) is 0.0877. The van der Waals surface area contributed by atoms with Crippen LogP contribution in [0.5, 0.6) is 0 Å². The number of piperidine rings is 1. The molecule has 1 heterocycles. The smallest absolute Gasteiger partial charge is 0.171 e. The molecule has 5 heteroatoms. The lowest BCUT2D eigenvalue weighted by Gasteiger charge is -2.52. The minimum atomic E-state index is -3.10. The van der Waals surface area contributed by atoms with Crippen molar-refractivity contribution in [2.75, 3.05) is 0 Å². The Labute approximate surface area is 352 Å². The van der Waals surface area contributed by atoms with Crippen LogP contribution in [0.25, 0.3) is 0 Å². The molecule has 1 saturated heterocycles. The van der Waals surface area contributed by atoms with Crippen molar-refractivity contribution < 1.29 is 10.8 Å². The number of benzene rings is 5. The number of nitrogens with zero attached hydrogens (tertiary/aromatic N) is 2. The summed E-state index contributed by atoms with van der Waals surface area (Å²) in [7, 11) is -3.10. The second-order valence-corrected chi connectivity index (χ2v) is 21.3. The molecule has 5 aromatic carbocycles. The van der Waals surface area contributed by atoms with Crippen LogP contribution >= 0.6 is 7.14 Å². The molecule has 0 amide bonds. The SMILES string of the molecule is CCC(CC(CC(ON1C(C)(C)CCCC1(C)C)c1ccc(CN(C(C)C)C(C)C)cc1)c1ccc(P(=O)(c2ccccc2)c2ccccc2)cc1)c1ccccc1.[HH]. The summed E-state index contributed by atoms with van der Waals surface area (Å²) < 4.78 is 15.4. The van der Waals surface area contributed by atoms with Gasteiger partial charge in [-0.15, -0.1) is 0 Å². The highest BCUT2D eigenvalue weighted by molar-refractivity contribution is 7.85. The van der Waals surface area contributed by atoms with E-state index in [1.54, 1.807) is 0 Å². The molecule has 3 atom stereocenters. The second-order valence-electron chi connectivity index (χ2n) is 18.5. The van der Waals surface area contributed by atoms with Crippen LogP contribution in [-0.4, -0.2) is 33.1 Å². The predicted octanol–water partition coefficient (Wildman–Crippen LogP) is 13.0. The molecule has 4 nitrogen and oxygen atoms in total. The molecule has 0 N–H and O–H groups in total. The highest BCUT2D eigenvalue weighted by Crippen LogP contribution is 2.46. The average molecular weight is 799 g/mol. The van der Waals surface area contributed by atoms with Gasteiger partial charge in [0.25, 0.3) is 0 Å². The number of hydrogen-bond donors (Lipinski definition) is 0. The average Bonchev–Trinajstić information content (AvgIpc) is 3.22. The van der Waals surface area contributed by atoms with Gasteiger partial charge in [0.05, 0.1) is 0 Å². The van der Waals surface area contributed by atoms with E-state index in [2.05, 4.69) is 151 Å². The third kappa shape index (κ3) is 10.1. The minimum Gasteiger partial charge on any atom is -0.309 e. The molecular formula is C53H71N2O2P. The first kappa shape index (κ1) is 43.8. The molecule has 0 aromatic heterocycles. The van der Waals surface area contributed by atoms with Gasteiger partial charge in [-0.2, -0.15) is 5.06 Å². The van der Waals surface area contributed by atoms with Gasteiger partial charge < -0.3 is 4.57 Å². The molecule has 1 aliphatic heterocycles. The minimum absolute atomic E-state index is 0. The van der Waals surface area contributed by atoms with Crippen molar-refractivity contribution in [2.45, 2.75) is 148 Å². The van der Waals surface area contributed by atoms with E-state index in [9.17, 15) is 0 Å². The first-order valence-corrected chi connectivity index (χ1v) is 23.6. The van der Waals surface area contributed by atoms with Crippen molar-refractivity contribution in [1.29, 1.82) is 0 Å². The van der Waals surface area contributed by atoms with Crippen LogP contribution in [0.1, 0.15) is 142 Å². The first-order chi connectivity index (χ1) is 27.7. The normalized spacial score (nSPS) is 17.4. The Bertz CT molecular complexity index is 1980. The summed E-state index contributed by atoms with van der Waals surface area (Å²) in [5.41, 5.74) is 4.98. The van der Waals surface area contributed by atoms with Gasteiger partial charge >= 0.3 is 0 Å². The van der Waals surface area contributed by atoms with E-state index < -0.39 is 7.14 Å². The van der Waals surface area contributed by atoms with E-state index in [-0.39, 0.29) is 24.5 Å². The number of hydrogen-bond acceptors (Lipinski definition) is 4. The summed E-state index contributed by atoms with van der Waals surface area (Å²) in [6.45, 7) is 21.8. The van der Waals surface area contributed by atoms with Crippen LogP contribution in [0.4, 0.5) is 0 Å². The second kappa shape index (κ2) is 19.1. The standard InChI is InChI=1S/C53H69N2O2P.H2/c1-10-43(44-21-14-11-15-22-44)37-47(45-31-33-50(34-32-45)58(56,48-23-16-12-17-24-48)49-25-18-13-19-26-49)38-51(57-55-52(6,7)35-20-36-53(55,8)9)46-29-27-42(28-30-46)39-54(40(2)3)41(4)5;/h11-19,21-34,40-41,43,47,51H,10,20,35-39H2,1-9H3;1H. The monoisotopic (exact) mass is 799 g/mol. The van der Waals surface area contributed by atoms with Gasteiger partial charge in [0.1, 0.15) is 6.10 Å². The third-order valence-corrected chi connectivity index (χ3v) is 15.8. The van der Waals surface area contributed by atoms with Crippen molar-refractivity contribution in [3.63, 3.8) is 0 Å². The number of hydroxylamine groups is 2. The topological polar surface area (TPSA) is 32.8 Å². The molecule has 0 saturated carbocycles. The summed E-state index contributed by atoms with van der Waals surface area (Å²) >= 11 is 0. The zero-order valence-electron chi connectivity index (χ0n) is 36.8. The summed E-state index contributed by atoms with van der Waals surface area (Å²) in [6, 6.07) is 50.1. The van der Waals surface area contributed by atoms with E-state index in [0.29, 0.717) is 18.0 Å². The fraction of sp³-hybridized carbons (Fsp3) is 0.434. The van der Waals surface area contributed by atoms with Crippen LogP contribution in [0, 0.1) is 0 Å². The van der Waals surface area contributed by atoms with Gasteiger partial charge in [0.15, 0.2) is 7.14 Å². The van der Waals surface area contributed by atoms with E-state index in [1.165, 1.54) is 28.7 Å². The molecule has 1 fully saturated rings. The lowest BCUT2D eigenvalue weighted by Crippen LogP contribution is -2.58. The molecule has 58 heavy (non-hydrogen) atoms. The zero-order valence-corrected chi connectivity index (χ0v) is 37.7. The largest absolute Gasteiger partial charge is 0.309 e. The van der Waals surface area contributed by atoms with Crippen molar-refractivity contribution in [2.24, 2.45) is 0 Å². The van der Waals surface area contributed by atoms with Gasteiger partial charge in [0, 0.05) is 47.0 Å². The van der Waals surface area contributed by atoms with Crippen molar-refractivity contribution in [1.82, 2.24) is 9.96 Å². The van der Waals surface area contributed by atoms with E-state index in [4.69, 9.17) is 4.84 Å². The summed E-state index contributed by atoms with van der Waals surface area (Å²) in [4.78, 5) is 10.00. The van der Waals surface area contributed by atoms with Gasteiger partial charge in [-0.25, -0.2) is 0 Å². The van der Waals surface area contributed by atoms with Crippen LogP contribution in [0.3, 0.4) is 0 Å². The highest BCUT2D eigenvalue weighted by Gasteiger charge is 2.44. The van der Waals surface area contributed by atoms with E-state index >= 15 is 4.57 Å². The lowest BCUT2D eigenvalue weighted by atomic mass is 9.80. The van der Waals surface area contributed by atoms with Gasteiger partial charge in [-0.3, -0.25) is 9.74 Å². The first-order valence-electron chi connectivity index (χ1n) is 21.9. The molecule has 0 spiro atoms. The van der Waals surface area contributed by atoms with Crippen molar-refractivity contribution in [3.05, 3.63) is 162 Å².